The predicted molar refractivity (Wildman–Crippen MR) is 65.6 cm³/mol. The van der Waals surface area contributed by atoms with Gasteiger partial charge in [0.05, 0.1) is 7.85 Å². The molecule has 0 rings (SSSR count). The quantitative estimate of drug-likeness (QED) is 0.638. The Morgan fingerprint density at radius 2 is 1.79 bits per heavy atom. The zero-order valence-corrected chi connectivity index (χ0v) is 10.4. The van der Waals surface area contributed by atoms with Crippen molar-refractivity contribution in [3.63, 3.8) is 0 Å². The van der Waals surface area contributed by atoms with Crippen LogP contribution in [0.25, 0.3) is 0 Å². The summed E-state index contributed by atoms with van der Waals surface area (Å²) in [5.41, 5.74) is 0.0329. The Labute approximate surface area is 90.8 Å². The van der Waals surface area contributed by atoms with E-state index in [1.807, 2.05) is 6.20 Å². The minimum atomic E-state index is -0.131. The zero-order chi connectivity index (χ0) is 11.2. The third-order valence-corrected chi connectivity index (χ3v) is 3.06. The summed E-state index contributed by atoms with van der Waals surface area (Å²) in [4.78, 5) is 0. The molecule has 0 saturated heterocycles. The largest absolute Gasteiger partial charge is 0.391 e. The Balaban J connectivity index is 4.42. The maximum absolute atomic E-state index is 6.31. The van der Waals surface area contributed by atoms with E-state index < -0.39 is 0 Å². The second kappa shape index (κ2) is 5.48. The molecule has 0 saturated carbocycles. The number of rotatable bonds is 6. The molecule has 0 aromatic carbocycles. The summed E-state index contributed by atoms with van der Waals surface area (Å²) in [5.74, 6) is 0. The molecule has 1 atom stereocenters. The highest BCUT2D eigenvalue weighted by Crippen LogP contribution is 2.47. The predicted octanol–water partition coefficient (Wildman–Crippen LogP) is 3.28. The highest BCUT2D eigenvalue weighted by Gasteiger charge is 2.32. The van der Waals surface area contributed by atoms with E-state index in [2.05, 4.69) is 46.0 Å². The number of hydrogen-bond donors (Lipinski definition) is 1. The van der Waals surface area contributed by atoms with Gasteiger partial charge in [-0.2, -0.15) is 0 Å². The average molecular weight is 193 g/mol. The minimum absolute atomic E-state index is 0.0329. The van der Waals surface area contributed by atoms with E-state index in [9.17, 15) is 0 Å². The van der Waals surface area contributed by atoms with E-state index >= 15 is 0 Å². The molecule has 0 amide bonds. The van der Waals surface area contributed by atoms with E-state index in [-0.39, 0.29) is 10.7 Å². The molecule has 0 spiro atoms. The minimum Gasteiger partial charge on any atom is -0.391 e. The number of allylic oxidation sites excluding steroid dienone is 1. The van der Waals surface area contributed by atoms with Crippen molar-refractivity contribution in [3.8, 4) is 0 Å². The van der Waals surface area contributed by atoms with Gasteiger partial charge in [-0.3, -0.25) is 0 Å². The normalized spacial score (nSPS) is 16.9. The summed E-state index contributed by atoms with van der Waals surface area (Å²) in [6.07, 6.45) is 6.37. The van der Waals surface area contributed by atoms with Crippen molar-refractivity contribution in [3.05, 3.63) is 12.3 Å². The van der Waals surface area contributed by atoms with Crippen LogP contribution in [-0.4, -0.2) is 14.4 Å². The van der Waals surface area contributed by atoms with Gasteiger partial charge in [0.25, 0.3) is 0 Å². The molecule has 2 radical (unpaired) electrons. The topological polar surface area (TPSA) is 12.0 Å². The second-order valence-corrected chi connectivity index (χ2v) is 4.78. The molecule has 0 aliphatic rings. The van der Waals surface area contributed by atoms with Crippen LogP contribution >= 0.6 is 0 Å². The fraction of sp³-hybridized carbons (Fsp3) is 0.833. The lowest BCUT2D eigenvalue weighted by atomic mass is 9.53. The van der Waals surface area contributed by atoms with Crippen molar-refractivity contribution in [1.82, 2.24) is 5.32 Å². The summed E-state index contributed by atoms with van der Waals surface area (Å²) >= 11 is 0. The smallest absolute Gasteiger partial charge is 0.0754 e. The Bertz CT molecular complexity index is 183. The first-order chi connectivity index (χ1) is 6.37. The molecule has 1 unspecified atom stereocenters. The molecule has 0 aromatic rings. The van der Waals surface area contributed by atoms with Crippen molar-refractivity contribution < 1.29 is 0 Å². The van der Waals surface area contributed by atoms with Crippen molar-refractivity contribution in [2.45, 2.75) is 52.8 Å². The molecule has 0 bridgehead atoms. The lowest BCUT2D eigenvalue weighted by Crippen LogP contribution is -2.28. The molecular formula is C12H24BN. The summed E-state index contributed by atoms with van der Waals surface area (Å²) in [5, 5.41) is 3.05. The Morgan fingerprint density at radius 1 is 1.21 bits per heavy atom. The first kappa shape index (κ1) is 13.6. The fourth-order valence-electron chi connectivity index (χ4n) is 1.42. The van der Waals surface area contributed by atoms with Crippen LogP contribution in [0.4, 0.5) is 0 Å². The average Bonchev–Trinajstić information content (AvgIpc) is 2.04. The molecule has 1 nitrogen and oxygen atoms in total. The van der Waals surface area contributed by atoms with E-state index in [1.54, 1.807) is 0 Å². The highest BCUT2D eigenvalue weighted by molar-refractivity contribution is 6.15. The maximum atomic E-state index is 6.31. The monoisotopic (exact) mass is 193 g/mol. The van der Waals surface area contributed by atoms with Gasteiger partial charge in [0, 0.05) is 6.54 Å². The van der Waals surface area contributed by atoms with Gasteiger partial charge in [-0.25, -0.2) is 0 Å². The summed E-state index contributed by atoms with van der Waals surface area (Å²) in [7, 11) is 6.31. The molecule has 14 heavy (non-hydrogen) atoms. The van der Waals surface area contributed by atoms with Crippen molar-refractivity contribution >= 4 is 7.85 Å². The van der Waals surface area contributed by atoms with Gasteiger partial charge in [0.2, 0.25) is 0 Å². The first-order valence-corrected chi connectivity index (χ1v) is 5.57. The van der Waals surface area contributed by atoms with Gasteiger partial charge in [0.1, 0.15) is 0 Å². The van der Waals surface area contributed by atoms with Crippen LogP contribution < -0.4 is 5.32 Å². The molecule has 2 heteroatoms. The van der Waals surface area contributed by atoms with E-state index in [4.69, 9.17) is 7.85 Å². The van der Waals surface area contributed by atoms with Gasteiger partial charge >= 0.3 is 0 Å². The standard InChI is InChI=1S/C12H24BN/c1-6-8-12(5,13)11(3,4)9-10-14-7-2/h9-10,14H,6-8H2,1-5H3/b10-9+. The molecule has 1 N–H and O–H groups in total. The second-order valence-electron chi connectivity index (χ2n) is 4.78. The van der Waals surface area contributed by atoms with Gasteiger partial charge < -0.3 is 5.32 Å². The summed E-state index contributed by atoms with van der Waals surface area (Å²) in [6.45, 7) is 11.7. The molecule has 0 fully saturated rings. The molecule has 0 heterocycles. The summed E-state index contributed by atoms with van der Waals surface area (Å²) in [6, 6.07) is 0. The van der Waals surface area contributed by atoms with E-state index in [0.717, 1.165) is 19.4 Å². The van der Waals surface area contributed by atoms with Crippen LogP contribution in [0.15, 0.2) is 12.3 Å². The molecule has 0 aliphatic heterocycles. The summed E-state index contributed by atoms with van der Waals surface area (Å²) < 4.78 is 0. The van der Waals surface area contributed by atoms with Crippen LogP contribution in [0.1, 0.15) is 47.5 Å². The number of hydrogen-bond acceptors (Lipinski definition) is 1. The Hall–Kier alpha value is -0.395. The van der Waals surface area contributed by atoms with Gasteiger partial charge in [-0.15, -0.1) is 0 Å². The zero-order valence-electron chi connectivity index (χ0n) is 10.4. The van der Waals surface area contributed by atoms with Gasteiger partial charge in [0.15, 0.2) is 0 Å². The Morgan fingerprint density at radius 3 is 2.21 bits per heavy atom. The fourth-order valence-corrected chi connectivity index (χ4v) is 1.42. The van der Waals surface area contributed by atoms with Crippen LogP contribution in [0.5, 0.6) is 0 Å². The molecule has 80 valence electrons. The van der Waals surface area contributed by atoms with Crippen LogP contribution in [0.3, 0.4) is 0 Å². The van der Waals surface area contributed by atoms with Crippen molar-refractivity contribution in [2.24, 2.45) is 5.41 Å². The third kappa shape index (κ3) is 3.77. The van der Waals surface area contributed by atoms with Gasteiger partial charge in [-0.1, -0.05) is 51.9 Å². The van der Waals surface area contributed by atoms with Gasteiger partial charge in [-0.05, 0) is 18.5 Å². The third-order valence-electron chi connectivity index (χ3n) is 3.06. The van der Waals surface area contributed by atoms with Crippen LogP contribution in [-0.2, 0) is 0 Å². The first-order valence-electron chi connectivity index (χ1n) is 5.57. The van der Waals surface area contributed by atoms with Crippen LogP contribution in [0, 0.1) is 5.41 Å². The molecule has 0 aromatic heterocycles. The van der Waals surface area contributed by atoms with E-state index in [0.29, 0.717) is 0 Å². The van der Waals surface area contributed by atoms with Crippen LogP contribution in [0.2, 0.25) is 5.31 Å². The highest BCUT2D eigenvalue weighted by atomic mass is 14.8. The molecular weight excluding hydrogens is 169 g/mol. The molecule has 0 aliphatic carbocycles. The maximum Gasteiger partial charge on any atom is 0.0754 e. The SMILES string of the molecule is [B]C(C)(CCC)C(C)(C)/C=C/NCC. The van der Waals surface area contributed by atoms with Crippen molar-refractivity contribution in [2.75, 3.05) is 6.54 Å². The van der Waals surface area contributed by atoms with E-state index in [1.165, 1.54) is 0 Å². The lowest BCUT2D eigenvalue weighted by molar-refractivity contribution is 0.308. The number of nitrogens with one attached hydrogen (secondary N) is 1. The lowest BCUT2D eigenvalue weighted by Gasteiger charge is -2.40. The Kier molecular flexibility index (Phi) is 5.32. The van der Waals surface area contributed by atoms with Crippen molar-refractivity contribution in [1.29, 1.82) is 0 Å².